The Morgan fingerprint density at radius 3 is 2.11 bits per heavy atom. The van der Waals surface area contributed by atoms with Crippen molar-refractivity contribution >= 4 is 75.3 Å². The van der Waals surface area contributed by atoms with Gasteiger partial charge in [0, 0.05) is 5.41 Å². The van der Waals surface area contributed by atoms with E-state index in [1.165, 1.54) is 0 Å². The highest BCUT2D eigenvalue weighted by Crippen LogP contribution is 2.34. The Labute approximate surface area is 180 Å². The Morgan fingerprint density at radius 2 is 1.67 bits per heavy atom. The molecule has 1 rings (SSSR count). The standard InChI is InChI=1S/C15H16Cl4F3N3OS/c1-13(2,3)11(26)24-10(14(17,18)19)25-12(27)23-9-6-7(15(20,21)22)4-5-8(9)16/h4-6,10H,1-3H3,(H,24,26)(H2,23,25,27)/t10-/m1/s1. The molecule has 1 aromatic rings. The second-order valence-electron chi connectivity index (χ2n) is 6.49. The van der Waals surface area contributed by atoms with Crippen LogP contribution >= 0.6 is 58.6 Å². The van der Waals surface area contributed by atoms with E-state index < -0.39 is 33.0 Å². The van der Waals surface area contributed by atoms with Crippen LogP contribution in [0.1, 0.15) is 26.3 Å². The van der Waals surface area contributed by atoms with Crippen LogP contribution in [-0.4, -0.2) is 21.0 Å². The first-order chi connectivity index (χ1) is 12.0. The van der Waals surface area contributed by atoms with E-state index in [-0.39, 0.29) is 15.8 Å². The highest BCUT2D eigenvalue weighted by atomic mass is 35.6. The zero-order valence-electron chi connectivity index (χ0n) is 14.3. The molecule has 12 heteroatoms. The van der Waals surface area contributed by atoms with E-state index in [0.29, 0.717) is 0 Å². The van der Waals surface area contributed by atoms with Gasteiger partial charge in [0.2, 0.25) is 9.70 Å². The van der Waals surface area contributed by atoms with Gasteiger partial charge in [0.05, 0.1) is 16.3 Å². The van der Waals surface area contributed by atoms with Gasteiger partial charge in [-0.1, -0.05) is 67.2 Å². The smallest absolute Gasteiger partial charge is 0.339 e. The minimum atomic E-state index is -4.56. The summed E-state index contributed by atoms with van der Waals surface area (Å²) in [5.74, 6) is -0.439. The minimum Gasteiger partial charge on any atom is -0.339 e. The normalized spacial score (nSPS) is 13.7. The maximum atomic E-state index is 12.8. The van der Waals surface area contributed by atoms with E-state index in [1.54, 1.807) is 20.8 Å². The number of rotatable bonds is 3. The summed E-state index contributed by atoms with van der Waals surface area (Å²) in [5.41, 5.74) is -1.81. The molecule has 0 bridgehead atoms. The average molecular weight is 485 g/mol. The van der Waals surface area contributed by atoms with Gasteiger partial charge in [-0.15, -0.1) is 0 Å². The van der Waals surface area contributed by atoms with Gasteiger partial charge < -0.3 is 16.0 Å². The van der Waals surface area contributed by atoms with E-state index in [2.05, 4.69) is 16.0 Å². The third kappa shape index (κ3) is 7.69. The lowest BCUT2D eigenvalue weighted by molar-refractivity contribution is -0.137. The summed E-state index contributed by atoms with van der Waals surface area (Å²) in [6.45, 7) is 4.95. The summed E-state index contributed by atoms with van der Waals surface area (Å²) >= 11 is 28.5. The number of alkyl halides is 6. The fourth-order valence-corrected chi connectivity index (χ4v) is 2.35. The zero-order chi connectivity index (χ0) is 21.2. The molecule has 27 heavy (non-hydrogen) atoms. The fourth-order valence-electron chi connectivity index (χ4n) is 1.63. The van der Waals surface area contributed by atoms with Gasteiger partial charge in [-0.05, 0) is 30.4 Å². The molecule has 0 aliphatic heterocycles. The Balaban J connectivity index is 2.97. The van der Waals surface area contributed by atoms with Crippen molar-refractivity contribution in [3.63, 3.8) is 0 Å². The van der Waals surface area contributed by atoms with Crippen molar-refractivity contribution in [2.24, 2.45) is 5.41 Å². The van der Waals surface area contributed by atoms with Crippen LogP contribution in [0.15, 0.2) is 18.2 Å². The molecule has 0 unspecified atom stereocenters. The lowest BCUT2D eigenvalue weighted by Gasteiger charge is -2.30. The molecular formula is C15H16Cl4F3N3OS. The molecule has 152 valence electrons. The summed E-state index contributed by atoms with van der Waals surface area (Å²) < 4.78 is 36.5. The van der Waals surface area contributed by atoms with Crippen molar-refractivity contribution in [3.05, 3.63) is 28.8 Å². The highest BCUT2D eigenvalue weighted by Gasteiger charge is 2.37. The van der Waals surface area contributed by atoms with Crippen LogP contribution in [0.25, 0.3) is 0 Å². The van der Waals surface area contributed by atoms with E-state index >= 15 is 0 Å². The number of hydrogen-bond acceptors (Lipinski definition) is 2. The van der Waals surface area contributed by atoms with Crippen molar-refractivity contribution in [2.45, 2.75) is 36.9 Å². The Bertz CT molecular complexity index is 718. The van der Waals surface area contributed by atoms with Crippen LogP contribution in [0.2, 0.25) is 5.02 Å². The SMILES string of the molecule is CC(C)(C)C(=O)N[C@H](NC(=S)Nc1cc(C(F)(F)F)ccc1Cl)C(Cl)(Cl)Cl. The molecule has 0 aliphatic carbocycles. The van der Waals surface area contributed by atoms with Crippen LogP contribution in [-0.2, 0) is 11.0 Å². The number of nitrogens with one attached hydrogen (secondary N) is 3. The summed E-state index contributed by atoms with van der Waals surface area (Å²) in [6, 6.07) is 2.69. The van der Waals surface area contributed by atoms with Crippen molar-refractivity contribution in [3.8, 4) is 0 Å². The van der Waals surface area contributed by atoms with Gasteiger partial charge >= 0.3 is 6.18 Å². The first-order valence-electron chi connectivity index (χ1n) is 7.34. The minimum absolute atomic E-state index is 0.00342. The lowest BCUT2D eigenvalue weighted by Crippen LogP contribution is -2.58. The van der Waals surface area contributed by atoms with Crippen LogP contribution in [0.3, 0.4) is 0 Å². The van der Waals surface area contributed by atoms with E-state index in [4.69, 9.17) is 58.6 Å². The molecule has 3 N–H and O–H groups in total. The van der Waals surface area contributed by atoms with Gasteiger partial charge in [-0.2, -0.15) is 13.2 Å². The number of carbonyl (C=O) groups is 1. The largest absolute Gasteiger partial charge is 0.416 e. The lowest BCUT2D eigenvalue weighted by atomic mass is 9.95. The molecule has 1 amide bonds. The van der Waals surface area contributed by atoms with Crippen molar-refractivity contribution in [1.82, 2.24) is 10.6 Å². The monoisotopic (exact) mass is 483 g/mol. The average Bonchev–Trinajstić information content (AvgIpc) is 2.45. The molecule has 0 saturated heterocycles. The zero-order valence-corrected chi connectivity index (χ0v) is 18.1. The van der Waals surface area contributed by atoms with E-state index in [0.717, 1.165) is 18.2 Å². The first-order valence-corrected chi connectivity index (χ1v) is 9.26. The Hall–Kier alpha value is -0.670. The molecule has 1 aromatic carbocycles. The quantitative estimate of drug-likeness (QED) is 0.301. The van der Waals surface area contributed by atoms with Crippen LogP contribution in [0, 0.1) is 5.41 Å². The van der Waals surface area contributed by atoms with E-state index in [1.807, 2.05) is 0 Å². The van der Waals surface area contributed by atoms with Gasteiger partial charge in [0.15, 0.2) is 5.11 Å². The summed E-state index contributed by atoms with van der Waals surface area (Å²) in [5, 5.41) is 7.31. The molecular weight excluding hydrogens is 469 g/mol. The van der Waals surface area contributed by atoms with E-state index in [9.17, 15) is 18.0 Å². The molecule has 4 nitrogen and oxygen atoms in total. The molecule has 1 atom stereocenters. The number of anilines is 1. The first kappa shape index (κ1) is 24.4. The van der Waals surface area contributed by atoms with Gasteiger partial charge in [-0.3, -0.25) is 4.79 Å². The number of amides is 1. The van der Waals surface area contributed by atoms with Gasteiger partial charge in [0.25, 0.3) is 0 Å². The summed E-state index contributed by atoms with van der Waals surface area (Å²) in [7, 11) is 0. The van der Waals surface area contributed by atoms with Crippen LogP contribution in [0.4, 0.5) is 18.9 Å². The number of hydrogen-bond donors (Lipinski definition) is 3. The van der Waals surface area contributed by atoms with Gasteiger partial charge in [-0.25, -0.2) is 0 Å². The van der Waals surface area contributed by atoms with Crippen LogP contribution < -0.4 is 16.0 Å². The molecule has 0 aliphatic rings. The summed E-state index contributed by atoms with van der Waals surface area (Å²) in [4.78, 5) is 12.1. The van der Waals surface area contributed by atoms with Crippen LogP contribution in [0.5, 0.6) is 0 Å². The van der Waals surface area contributed by atoms with Gasteiger partial charge in [0.1, 0.15) is 6.17 Å². The molecule has 0 radical (unpaired) electrons. The molecule has 0 spiro atoms. The maximum absolute atomic E-state index is 12.8. The second-order valence-corrected chi connectivity index (χ2v) is 9.67. The number of carbonyl (C=O) groups excluding carboxylic acids is 1. The van der Waals surface area contributed by atoms with Crippen molar-refractivity contribution in [1.29, 1.82) is 0 Å². The molecule has 0 aromatic heterocycles. The molecule has 0 saturated carbocycles. The number of benzene rings is 1. The number of thiocarbonyl (C=S) groups is 1. The Morgan fingerprint density at radius 1 is 1.11 bits per heavy atom. The topological polar surface area (TPSA) is 53.2 Å². The third-order valence-electron chi connectivity index (χ3n) is 3.10. The molecule has 0 heterocycles. The summed E-state index contributed by atoms with van der Waals surface area (Å²) in [6.07, 6.45) is -5.81. The number of halogens is 7. The fraction of sp³-hybridized carbons (Fsp3) is 0.467. The second kappa shape index (κ2) is 8.78. The maximum Gasteiger partial charge on any atom is 0.416 e. The third-order valence-corrected chi connectivity index (χ3v) is 4.31. The molecule has 0 fully saturated rings. The van der Waals surface area contributed by atoms with Crippen molar-refractivity contribution in [2.75, 3.05) is 5.32 Å². The predicted molar refractivity (Wildman–Crippen MR) is 107 cm³/mol. The van der Waals surface area contributed by atoms with Crippen molar-refractivity contribution < 1.29 is 18.0 Å². The Kier molecular flexibility index (Phi) is 7.92. The highest BCUT2D eigenvalue weighted by molar-refractivity contribution is 7.80. The predicted octanol–water partition coefficient (Wildman–Crippen LogP) is 5.50.